The predicted molar refractivity (Wildman–Crippen MR) is 142 cm³/mol. The Kier molecular flexibility index (Phi) is 7.98. The number of urea groups is 1. The molecule has 0 spiro atoms. The van der Waals surface area contributed by atoms with Crippen molar-refractivity contribution >= 4 is 52.2 Å². The molecule has 3 amide bonds. The van der Waals surface area contributed by atoms with Crippen LogP contribution < -0.4 is 20.9 Å². The molecule has 1 saturated heterocycles. The van der Waals surface area contributed by atoms with E-state index in [1.165, 1.54) is 5.69 Å². The van der Waals surface area contributed by atoms with E-state index < -0.39 is 4.87 Å². The lowest BCUT2D eigenvalue weighted by atomic mass is 9.96. The number of carbonyl (C=O) groups is 2. The largest absolute Gasteiger partial charge is 0.371 e. The smallest absolute Gasteiger partial charge is 0.319 e. The molecule has 4 rings (SSSR count). The van der Waals surface area contributed by atoms with Crippen LogP contribution in [0.3, 0.4) is 0 Å². The van der Waals surface area contributed by atoms with Gasteiger partial charge in [0.1, 0.15) is 0 Å². The number of amides is 3. The van der Waals surface area contributed by atoms with Crippen LogP contribution in [-0.4, -0.2) is 41.4 Å². The van der Waals surface area contributed by atoms with Crippen LogP contribution in [0.1, 0.15) is 26.2 Å². The fourth-order valence-electron chi connectivity index (χ4n) is 4.25. The van der Waals surface area contributed by atoms with Crippen LogP contribution in [0.4, 0.5) is 21.9 Å². The van der Waals surface area contributed by atoms with Crippen molar-refractivity contribution in [1.82, 2.24) is 10.3 Å². The Balaban J connectivity index is 1.28. The van der Waals surface area contributed by atoms with Crippen LogP contribution in [0.2, 0.25) is 0 Å². The van der Waals surface area contributed by atoms with Crippen LogP contribution in [0.5, 0.6) is 0 Å². The lowest BCUT2D eigenvalue weighted by Crippen LogP contribution is -2.39. The summed E-state index contributed by atoms with van der Waals surface area (Å²) >= 11 is 12.6. The Bertz CT molecular complexity index is 1130. The minimum atomic E-state index is -0.603. The standard InChI is InChI=1S/C26H29Cl2N5O2/c1-26(28)11-6-20(21(27)16-26)24(34)31-22-4-2-3-5-23(22)32-25(35)30-17-18-9-14-33(15-10-18)19-7-12-29-13-8-19/h2-8,12-13,16,18H,9-11,14-15,17H2,1H3,(H,31,34)(H2,30,32,35). The number of benzene rings is 1. The highest BCUT2D eigenvalue weighted by atomic mass is 35.5. The van der Waals surface area contributed by atoms with Gasteiger partial charge in [-0.2, -0.15) is 0 Å². The van der Waals surface area contributed by atoms with Gasteiger partial charge in [0.05, 0.1) is 26.9 Å². The van der Waals surface area contributed by atoms with Gasteiger partial charge < -0.3 is 20.9 Å². The molecule has 2 aliphatic rings. The number of alkyl halides is 1. The highest BCUT2D eigenvalue weighted by Crippen LogP contribution is 2.34. The van der Waals surface area contributed by atoms with Gasteiger partial charge in [0, 0.05) is 37.7 Å². The molecule has 1 unspecified atom stereocenters. The van der Waals surface area contributed by atoms with E-state index >= 15 is 0 Å². The topological polar surface area (TPSA) is 86.4 Å². The highest BCUT2D eigenvalue weighted by Gasteiger charge is 2.26. The summed E-state index contributed by atoms with van der Waals surface area (Å²) in [4.78, 5) is 31.2. The zero-order valence-corrected chi connectivity index (χ0v) is 21.1. The number of allylic oxidation sites excluding steroid dienone is 2. The number of aromatic nitrogens is 1. The normalized spacial score (nSPS) is 20.5. The number of pyridine rings is 1. The molecule has 1 aromatic carbocycles. The van der Waals surface area contributed by atoms with E-state index in [2.05, 4.69) is 25.8 Å². The van der Waals surface area contributed by atoms with E-state index in [1.807, 2.05) is 19.1 Å². The zero-order chi connectivity index (χ0) is 24.8. The van der Waals surface area contributed by atoms with E-state index in [9.17, 15) is 9.59 Å². The molecule has 7 nitrogen and oxygen atoms in total. The van der Waals surface area contributed by atoms with Gasteiger partial charge >= 0.3 is 6.03 Å². The molecule has 1 atom stereocenters. The molecule has 0 saturated carbocycles. The number of para-hydroxylation sites is 2. The number of anilines is 3. The third kappa shape index (κ3) is 6.77. The molecule has 1 fully saturated rings. The molecule has 2 heterocycles. The van der Waals surface area contributed by atoms with Crippen molar-refractivity contribution in [3.8, 4) is 0 Å². The average Bonchev–Trinajstić information content (AvgIpc) is 2.84. The van der Waals surface area contributed by atoms with Crippen molar-refractivity contribution in [2.75, 3.05) is 35.2 Å². The second-order valence-corrected chi connectivity index (χ2v) is 10.3. The first-order valence-corrected chi connectivity index (χ1v) is 12.4. The number of carbonyl (C=O) groups excluding carboxylic acids is 2. The molecule has 0 radical (unpaired) electrons. The van der Waals surface area contributed by atoms with Gasteiger partial charge in [-0.15, -0.1) is 11.6 Å². The summed E-state index contributed by atoms with van der Waals surface area (Å²) in [5.74, 6) is 0.0580. The molecule has 9 heteroatoms. The summed E-state index contributed by atoms with van der Waals surface area (Å²) in [5.41, 5.74) is 2.54. The van der Waals surface area contributed by atoms with Gasteiger partial charge in [-0.3, -0.25) is 9.78 Å². The lowest BCUT2D eigenvalue weighted by molar-refractivity contribution is -0.112. The number of nitrogens with one attached hydrogen (secondary N) is 3. The molecule has 184 valence electrons. The molecule has 1 aliphatic heterocycles. The summed E-state index contributed by atoms with van der Waals surface area (Å²) < 4.78 is 0. The van der Waals surface area contributed by atoms with Gasteiger partial charge in [-0.1, -0.05) is 29.8 Å². The van der Waals surface area contributed by atoms with Gasteiger partial charge in [-0.25, -0.2) is 4.79 Å². The van der Waals surface area contributed by atoms with Gasteiger partial charge in [0.15, 0.2) is 0 Å². The van der Waals surface area contributed by atoms with E-state index in [0.29, 0.717) is 40.9 Å². The maximum atomic E-state index is 12.8. The van der Waals surface area contributed by atoms with Crippen LogP contribution in [0.25, 0.3) is 0 Å². The molecule has 0 bridgehead atoms. The fourth-order valence-corrected chi connectivity index (χ4v) is 4.89. The quantitative estimate of drug-likeness (QED) is 0.444. The van der Waals surface area contributed by atoms with E-state index in [1.54, 1.807) is 48.8 Å². The number of nitrogens with zero attached hydrogens (tertiary/aromatic N) is 2. The molecule has 2 aromatic rings. The number of hydrogen-bond acceptors (Lipinski definition) is 4. The van der Waals surface area contributed by atoms with E-state index in [-0.39, 0.29) is 11.9 Å². The minimum absolute atomic E-state index is 0.309. The maximum absolute atomic E-state index is 12.8. The molecular formula is C26H29Cl2N5O2. The highest BCUT2D eigenvalue weighted by molar-refractivity contribution is 6.37. The van der Waals surface area contributed by atoms with E-state index in [4.69, 9.17) is 23.2 Å². The third-order valence-corrected chi connectivity index (χ3v) is 6.83. The Labute approximate surface area is 215 Å². The average molecular weight is 514 g/mol. The fraction of sp³-hybridized carbons (Fsp3) is 0.346. The minimum Gasteiger partial charge on any atom is -0.371 e. The van der Waals surface area contributed by atoms with Gasteiger partial charge in [0.2, 0.25) is 0 Å². The van der Waals surface area contributed by atoms with E-state index in [0.717, 1.165) is 25.9 Å². The van der Waals surface area contributed by atoms with Crippen LogP contribution >= 0.6 is 23.2 Å². The molecule has 35 heavy (non-hydrogen) atoms. The SMILES string of the molecule is CC1(Cl)C=C(Cl)C(C(=O)Nc2ccccc2NC(=O)NCC2CCN(c3ccncc3)CC2)=CC1. The van der Waals surface area contributed by atoms with Crippen LogP contribution in [0.15, 0.2) is 71.5 Å². The second-order valence-electron chi connectivity index (χ2n) is 9.06. The predicted octanol–water partition coefficient (Wildman–Crippen LogP) is 5.51. The third-order valence-electron chi connectivity index (χ3n) is 6.25. The van der Waals surface area contributed by atoms with Crippen molar-refractivity contribution in [1.29, 1.82) is 0 Å². The zero-order valence-electron chi connectivity index (χ0n) is 19.6. The summed E-state index contributed by atoms with van der Waals surface area (Å²) in [7, 11) is 0. The summed E-state index contributed by atoms with van der Waals surface area (Å²) in [5, 5.41) is 8.97. The molecular weight excluding hydrogens is 485 g/mol. The summed E-state index contributed by atoms with van der Waals surface area (Å²) in [6.07, 6.45) is 9.51. The summed E-state index contributed by atoms with van der Waals surface area (Å²) in [6.45, 7) is 4.32. The van der Waals surface area contributed by atoms with Crippen molar-refractivity contribution in [3.63, 3.8) is 0 Å². The number of halogens is 2. The number of piperidine rings is 1. The first-order valence-electron chi connectivity index (χ1n) is 11.7. The molecule has 1 aliphatic carbocycles. The first kappa shape index (κ1) is 25.1. The Morgan fingerprint density at radius 1 is 1.09 bits per heavy atom. The van der Waals surface area contributed by atoms with Gasteiger partial charge in [0.25, 0.3) is 5.91 Å². The van der Waals surface area contributed by atoms with Crippen LogP contribution in [0, 0.1) is 5.92 Å². The number of hydrogen-bond donors (Lipinski definition) is 3. The second kappa shape index (κ2) is 11.1. The molecule has 1 aromatic heterocycles. The van der Waals surface area contributed by atoms with Crippen molar-refractivity contribution < 1.29 is 9.59 Å². The van der Waals surface area contributed by atoms with Crippen molar-refractivity contribution in [2.45, 2.75) is 31.1 Å². The summed E-state index contributed by atoms with van der Waals surface area (Å²) in [6, 6.07) is 10.8. The maximum Gasteiger partial charge on any atom is 0.319 e. The molecule has 3 N–H and O–H groups in total. The van der Waals surface area contributed by atoms with Crippen molar-refractivity contribution in [3.05, 3.63) is 71.5 Å². The van der Waals surface area contributed by atoms with Crippen molar-refractivity contribution in [2.24, 2.45) is 5.92 Å². The lowest BCUT2D eigenvalue weighted by Gasteiger charge is -2.33. The van der Waals surface area contributed by atoms with Crippen LogP contribution in [-0.2, 0) is 4.79 Å². The number of rotatable bonds is 6. The Morgan fingerprint density at radius 2 is 1.74 bits per heavy atom. The Morgan fingerprint density at radius 3 is 2.40 bits per heavy atom. The van der Waals surface area contributed by atoms with Gasteiger partial charge in [-0.05, 0) is 62.4 Å². The Hall–Kier alpha value is -3.03. The first-order chi connectivity index (χ1) is 16.8. The monoisotopic (exact) mass is 513 g/mol.